The number of phenols is 1. The van der Waals surface area contributed by atoms with E-state index in [1.165, 1.54) is 6.08 Å². The second-order valence-corrected chi connectivity index (χ2v) is 8.17. The van der Waals surface area contributed by atoms with Crippen LogP contribution in [-0.4, -0.2) is 37.7 Å². The van der Waals surface area contributed by atoms with Gasteiger partial charge in [0, 0.05) is 23.7 Å². The Morgan fingerprint density at radius 1 is 1.19 bits per heavy atom. The third-order valence-corrected chi connectivity index (χ3v) is 5.06. The molecule has 4 N–H and O–H groups in total. The first-order chi connectivity index (χ1) is 12.1. The number of hydrogen-bond acceptors (Lipinski definition) is 4. The van der Waals surface area contributed by atoms with Gasteiger partial charge in [0.05, 0.1) is 42.5 Å². The molecule has 26 heavy (non-hydrogen) atoms. The van der Waals surface area contributed by atoms with E-state index >= 15 is 0 Å². The number of allylic oxidation sites excluding steroid dienone is 2. The van der Waals surface area contributed by atoms with Gasteiger partial charge < -0.3 is 16.2 Å². The smallest absolute Gasteiger partial charge is 0.202 e. The molecule has 0 unspecified atom stereocenters. The molecule has 0 atom stereocenters. The fourth-order valence-corrected chi connectivity index (χ4v) is 3.51. The highest BCUT2D eigenvalue weighted by Gasteiger charge is 2.29. The number of rotatable bonds is 3. The number of anilines is 1. The molecule has 134 valence electrons. The average molecular weight is 415 g/mol. The fourth-order valence-electron chi connectivity index (χ4n) is 3.08. The Labute approximate surface area is 161 Å². The van der Waals surface area contributed by atoms with Gasteiger partial charge >= 0.3 is 0 Å². The lowest BCUT2D eigenvalue weighted by Crippen LogP contribution is -2.34. The van der Waals surface area contributed by atoms with Gasteiger partial charge in [-0.05, 0) is 39.7 Å². The number of nitrogens with two attached hydrogens (primary N) is 1. The first kappa shape index (κ1) is 18.4. The van der Waals surface area contributed by atoms with Gasteiger partial charge in [0.1, 0.15) is 11.4 Å². The Balaban J connectivity index is 2.08. The van der Waals surface area contributed by atoms with Gasteiger partial charge in [0.15, 0.2) is 0 Å². The van der Waals surface area contributed by atoms with Crippen LogP contribution in [0, 0.1) is 5.41 Å². The molecule has 0 bridgehead atoms. The highest BCUT2D eigenvalue weighted by Crippen LogP contribution is 2.38. The largest absolute Gasteiger partial charge is 0.507 e. The molecule has 1 aliphatic rings. The van der Waals surface area contributed by atoms with Gasteiger partial charge in [0.2, 0.25) is 5.78 Å². The molecule has 2 aromatic rings. The Morgan fingerprint density at radius 3 is 2.54 bits per heavy atom. The molecule has 6 heteroatoms. The third kappa shape index (κ3) is 3.18. The number of benzene rings is 2. The van der Waals surface area contributed by atoms with Gasteiger partial charge in [-0.25, -0.2) is 0 Å². The minimum atomic E-state index is -0.317. The van der Waals surface area contributed by atoms with Crippen LogP contribution in [-0.2, 0) is 6.42 Å². The highest BCUT2D eigenvalue weighted by molar-refractivity contribution is 9.12. The highest BCUT2D eigenvalue weighted by atomic mass is 79.9. The Hall–Kier alpha value is -2.44. The number of nitrogens with zero attached hydrogens (tertiary/aromatic N) is 1. The minimum absolute atomic E-state index is 0.0561. The van der Waals surface area contributed by atoms with Crippen molar-refractivity contribution >= 4 is 38.8 Å². The molecule has 1 aliphatic carbocycles. The number of carbonyl (C=O) groups is 1. The van der Waals surface area contributed by atoms with Crippen molar-refractivity contribution in [2.24, 2.45) is 0 Å². The number of carbonyl (C=O) groups excluding carboxylic acids is 1. The van der Waals surface area contributed by atoms with Crippen molar-refractivity contribution in [2.75, 3.05) is 26.9 Å². The van der Waals surface area contributed by atoms with Gasteiger partial charge in [-0.2, -0.15) is 0 Å². The molecule has 0 radical (unpaired) electrons. The molecule has 0 saturated heterocycles. The van der Waals surface area contributed by atoms with Crippen molar-refractivity contribution in [3.63, 3.8) is 0 Å². The maximum atomic E-state index is 12.4. The molecule has 0 spiro atoms. The Bertz CT molecular complexity index is 972. The SMILES string of the molecule is C[N+](C)(C)c1cccc(Cc2cc(N)c3c(c2O)C(=N)C=C(Br)C3=O)c1. The summed E-state index contributed by atoms with van der Waals surface area (Å²) in [6.07, 6.45) is 1.86. The summed E-state index contributed by atoms with van der Waals surface area (Å²) in [7, 11) is 6.26. The monoisotopic (exact) mass is 414 g/mol. The number of fused-ring (bicyclic) bond motifs is 1. The van der Waals surface area contributed by atoms with Crippen LogP contribution in [0.25, 0.3) is 0 Å². The predicted octanol–water partition coefficient (Wildman–Crippen LogP) is 3.60. The van der Waals surface area contributed by atoms with Crippen LogP contribution in [0.4, 0.5) is 11.4 Å². The first-order valence-electron chi connectivity index (χ1n) is 8.15. The normalized spacial score (nSPS) is 14.2. The molecule has 0 fully saturated rings. The summed E-state index contributed by atoms with van der Waals surface area (Å²) in [6.45, 7) is 0. The number of Topliss-reactive ketones (excluding diaryl/α,β-unsaturated/α-hetero) is 1. The molecular formula is C20H21BrN3O2+. The summed E-state index contributed by atoms with van der Waals surface area (Å²) in [4.78, 5) is 12.4. The van der Waals surface area contributed by atoms with E-state index < -0.39 is 0 Å². The third-order valence-electron chi connectivity index (χ3n) is 4.47. The van der Waals surface area contributed by atoms with Crippen LogP contribution in [0.3, 0.4) is 0 Å². The van der Waals surface area contributed by atoms with E-state index in [-0.39, 0.29) is 38.5 Å². The topological polar surface area (TPSA) is 87.2 Å². The van der Waals surface area contributed by atoms with Crippen LogP contribution < -0.4 is 10.2 Å². The maximum absolute atomic E-state index is 12.4. The summed E-state index contributed by atoms with van der Waals surface area (Å²) >= 11 is 3.15. The number of nitrogen functional groups attached to an aromatic ring is 1. The van der Waals surface area contributed by atoms with Crippen LogP contribution in [0.5, 0.6) is 5.75 Å². The number of hydrogen-bond donors (Lipinski definition) is 3. The van der Waals surface area contributed by atoms with E-state index in [1.54, 1.807) is 6.07 Å². The van der Waals surface area contributed by atoms with Crippen LogP contribution in [0.15, 0.2) is 40.9 Å². The van der Waals surface area contributed by atoms with Gasteiger partial charge in [0.25, 0.3) is 0 Å². The molecular weight excluding hydrogens is 394 g/mol. The molecule has 0 heterocycles. The van der Waals surface area contributed by atoms with E-state index in [4.69, 9.17) is 11.1 Å². The van der Waals surface area contributed by atoms with E-state index in [9.17, 15) is 9.90 Å². The molecule has 0 aliphatic heterocycles. The lowest BCUT2D eigenvalue weighted by Gasteiger charge is -2.24. The van der Waals surface area contributed by atoms with Crippen LogP contribution >= 0.6 is 15.9 Å². The number of phenolic OH excluding ortho intramolecular Hbond substituents is 1. The zero-order chi connectivity index (χ0) is 19.2. The molecule has 3 rings (SSSR count). The van der Waals surface area contributed by atoms with Crippen molar-refractivity contribution in [3.05, 3.63) is 63.1 Å². The molecule has 0 aromatic heterocycles. The Kier molecular flexibility index (Phi) is 4.50. The average Bonchev–Trinajstić information content (AvgIpc) is 2.55. The second kappa shape index (κ2) is 6.37. The molecule has 2 aromatic carbocycles. The number of halogens is 1. The van der Waals surface area contributed by atoms with E-state index in [0.717, 1.165) is 11.3 Å². The minimum Gasteiger partial charge on any atom is -0.507 e. The van der Waals surface area contributed by atoms with Crippen molar-refractivity contribution in [1.29, 1.82) is 5.41 Å². The number of quaternary nitrogens is 1. The maximum Gasteiger partial charge on any atom is 0.202 e. The summed E-state index contributed by atoms with van der Waals surface area (Å²) in [5.74, 6) is -0.373. The van der Waals surface area contributed by atoms with Crippen molar-refractivity contribution in [3.8, 4) is 5.75 Å². The Morgan fingerprint density at radius 2 is 1.88 bits per heavy atom. The number of ketones is 1. The van der Waals surface area contributed by atoms with Crippen LogP contribution in [0.2, 0.25) is 0 Å². The van der Waals surface area contributed by atoms with Crippen molar-refractivity contribution in [1.82, 2.24) is 4.48 Å². The van der Waals surface area contributed by atoms with Gasteiger partial charge in [-0.3, -0.25) is 9.28 Å². The summed E-state index contributed by atoms with van der Waals surface area (Å²) in [5, 5.41) is 18.9. The van der Waals surface area contributed by atoms with Crippen molar-refractivity contribution < 1.29 is 9.90 Å². The quantitative estimate of drug-likeness (QED) is 0.407. The van der Waals surface area contributed by atoms with Crippen molar-refractivity contribution in [2.45, 2.75) is 6.42 Å². The molecule has 5 nitrogen and oxygen atoms in total. The predicted molar refractivity (Wildman–Crippen MR) is 110 cm³/mol. The van der Waals surface area contributed by atoms with Crippen LogP contribution in [0.1, 0.15) is 27.0 Å². The van der Waals surface area contributed by atoms with E-state index in [1.807, 2.05) is 12.1 Å². The zero-order valence-corrected chi connectivity index (χ0v) is 16.5. The summed E-state index contributed by atoms with van der Waals surface area (Å²) < 4.78 is 0.953. The van der Waals surface area contributed by atoms with E-state index in [2.05, 4.69) is 49.2 Å². The standard InChI is InChI=1S/C20H20BrN3O2/c1-24(2,3)13-6-4-5-11(8-13)7-12-9-15(22)18-17(19(12)25)16(23)10-14(21)20(18)26/h4-6,8-10H,7H2,1-3H3,(H3-,22,23,25,26)/p+1. The second-order valence-electron chi connectivity index (χ2n) is 7.32. The molecule has 0 amide bonds. The lowest BCUT2D eigenvalue weighted by atomic mass is 9.88. The van der Waals surface area contributed by atoms with E-state index in [0.29, 0.717) is 16.5 Å². The van der Waals surface area contributed by atoms with Gasteiger partial charge in [-0.1, -0.05) is 12.1 Å². The summed E-state index contributed by atoms with van der Waals surface area (Å²) in [5.41, 5.74) is 9.60. The number of aromatic hydroxyl groups is 1. The number of nitrogens with one attached hydrogen (secondary N) is 1. The first-order valence-corrected chi connectivity index (χ1v) is 8.95. The fraction of sp³-hybridized carbons (Fsp3) is 0.200. The van der Waals surface area contributed by atoms with Gasteiger partial charge in [-0.15, -0.1) is 0 Å². The lowest BCUT2D eigenvalue weighted by molar-refractivity contribution is 0.104. The molecule has 0 saturated carbocycles. The summed E-state index contributed by atoms with van der Waals surface area (Å²) in [6, 6.07) is 9.74. The zero-order valence-electron chi connectivity index (χ0n) is 14.9.